The van der Waals surface area contributed by atoms with E-state index in [0.717, 1.165) is 25.2 Å². The van der Waals surface area contributed by atoms with Crippen molar-refractivity contribution >= 4 is 5.97 Å². The van der Waals surface area contributed by atoms with Crippen molar-refractivity contribution in [3.8, 4) is 0 Å². The fourth-order valence-electron chi connectivity index (χ4n) is 11.3. The highest BCUT2D eigenvalue weighted by Crippen LogP contribution is 2.70. The number of fused-ring (bicyclic) bond motifs is 6. The van der Waals surface area contributed by atoms with E-state index in [-0.39, 0.29) is 34.4 Å². The number of hydrogen-bond donors (Lipinski definition) is 1. The summed E-state index contributed by atoms with van der Waals surface area (Å²) in [5.41, 5.74) is 2.77. The van der Waals surface area contributed by atoms with E-state index in [2.05, 4.69) is 54.5 Å². The summed E-state index contributed by atoms with van der Waals surface area (Å²) < 4.78 is 5.87. The van der Waals surface area contributed by atoms with Crippen molar-refractivity contribution in [2.75, 3.05) is 0 Å². The summed E-state index contributed by atoms with van der Waals surface area (Å²) in [5.74, 6) is 2.44. The lowest BCUT2D eigenvalue weighted by Crippen LogP contribution is -2.58. The van der Waals surface area contributed by atoms with Crippen LogP contribution in [0.3, 0.4) is 0 Å². The van der Waals surface area contributed by atoms with E-state index in [0.29, 0.717) is 28.6 Å². The molecule has 0 saturated heterocycles. The van der Waals surface area contributed by atoms with Gasteiger partial charge in [0.25, 0.3) is 0 Å². The van der Waals surface area contributed by atoms with Crippen molar-refractivity contribution in [1.29, 1.82) is 0 Å². The predicted molar refractivity (Wildman–Crippen MR) is 142 cm³/mol. The Balaban J connectivity index is 1.47. The molecule has 0 aromatic rings. The van der Waals surface area contributed by atoms with Crippen LogP contribution in [0.4, 0.5) is 0 Å². The molecule has 1 N–H and O–H groups in total. The van der Waals surface area contributed by atoms with E-state index in [4.69, 9.17) is 4.74 Å². The minimum absolute atomic E-state index is 0.00424. The van der Waals surface area contributed by atoms with Crippen molar-refractivity contribution < 1.29 is 14.6 Å². The molecule has 3 heteroatoms. The zero-order chi connectivity index (χ0) is 25.6. The van der Waals surface area contributed by atoms with Gasteiger partial charge in [0.1, 0.15) is 6.10 Å². The molecule has 0 radical (unpaired) electrons. The Hall–Kier alpha value is -0.830. The van der Waals surface area contributed by atoms with Gasteiger partial charge in [-0.15, -0.1) is 0 Å². The van der Waals surface area contributed by atoms with Crippen LogP contribution in [-0.2, 0) is 9.53 Å². The van der Waals surface area contributed by atoms with Gasteiger partial charge in [0.2, 0.25) is 0 Å². The zero-order valence-corrected chi connectivity index (χ0v) is 23.9. The molecule has 5 aliphatic rings. The molecule has 0 aromatic carbocycles. The lowest BCUT2D eigenvalue weighted by atomic mass is 9.42. The summed E-state index contributed by atoms with van der Waals surface area (Å²) in [6.07, 6.45) is 14.4. The van der Waals surface area contributed by atoms with Crippen LogP contribution in [0.25, 0.3) is 0 Å². The molecule has 0 spiro atoms. The molecule has 4 saturated carbocycles. The first-order valence-electron chi connectivity index (χ1n) is 14.7. The molecule has 0 bridgehead atoms. The van der Waals surface area contributed by atoms with E-state index in [1.54, 1.807) is 12.5 Å². The lowest BCUT2D eigenvalue weighted by molar-refractivity contribution is -0.172. The second kappa shape index (κ2) is 8.08. The number of hydrogen-bond acceptors (Lipinski definition) is 3. The SMILES string of the molecule is CC(=O)O[C@H]1CC[C@]2(C)[C@H]3CC[C@H]4[C@@](C)(CC[C@H]5C(C)(C)[C@@H](O)CC[C@@]54C)CC3=CC[C@H]2C1(C)C. The maximum Gasteiger partial charge on any atom is 0.302 e. The second-order valence-electron chi connectivity index (χ2n) is 15.5. The summed E-state index contributed by atoms with van der Waals surface area (Å²) in [4.78, 5) is 11.9. The van der Waals surface area contributed by atoms with Crippen molar-refractivity contribution in [2.24, 2.45) is 50.7 Å². The topological polar surface area (TPSA) is 46.5 Å². The molecule has 4 fully saturated rings. The van der Waals surface area contributed by atoms with Gasteiger partial charge in [0.05, 0.1) is 6.10 Å². The van der Waals surface area contributed by atoms with E-state index in [1.807, 2.05) is 0 Å². The lowest BCUT2D eigenvalue weighted by Gasteiger charge is -2.63. The van der Waals surface area contributed by atoms with Gasteiger partial charge < -0.3 is 9.84 Å². The Morgan fingerprint density at radius 3 is 2.20 bits per heavy atom. The largest absolute Gasteiger partial charge is 0.462 e. The van der Waals surface area contributed by atoms with Gasteiger partial charge in [-0.3, -0.25) is 4.79 Å². The quantitative estimate of drug-likeness (QED) is 0.306. The van der Waals surface area contributed by atoms with E-state index in [9.17, 15) is 9.90 Å². The van der Waals surface area contributed by atoms with Gasteiger partial charge in [-0.2, -0.15) is 0 Å². The first-order valence-corrected chi connectivity index (χ1v) is 14.7. The Labute approximate surface area is 214 Å². The number of ether oxygens (including phenoxy) is 1. The highest BCUT2D eigenvalue weighted by Gasteiger charge is 2.63. The van der Waals surface area contributed by atoms with Crippen molar-refractivity contribution in [1.82, 2.24) is 0 Å². The summed E-state index contributed by atoms with van der Waals surface area (Å²) in [6, 6.07) is 0. The average molecular weight is 485 g/mol. The number of esters is 1. The van der Waals surface area contributed by atoms with Crippen LogP contribution in [0, 0.1) is 50.7 Å². The van der Waals surface area contributed by atoms with Gasteiger partial charge in [0, 0.05) is 12.3 Å². The number of aliphatic hydroxyl groups excluding tert-OH is 1. The molecule has 5 rings (SSSR count). The van der Waals surface area contributed by atoms with Gasteiger partial charge in [-0.05, 0) is 110 Å². The highest BCUT2D eigenvalue weighted by molar-refractivity contribution is 5.66. The van der Waals surface area contributed by atoms with Crippen LogP contribution in [0.5, 0.6) is 0 Å². The molecule has 5 aliphatic carbocycles. The second-order valence-corrected chi connectivity index (χ2v) is 15.5. The number of allylic oxidation sites excluding steroid dienone is 2. The van der Waals surface area contributed by atoms with Crippen LogP contribution in [-0.4, -0.2) is 23.3 Å². The third-order valence-corrected chi connectivity index (χ3v) is 13.1. The van der Waals surface area contributed by atoms with Crippen molar-refractivity contribution in [2.45, 2.75) is 132 Å². The van der Waals surface area contributed by atoms with Gasteiger partial charge in [-0.1, -0.05) is 60.1 Å². The monoisotopic (exact) mass is 484 g/mol. The van der Waals surface area contributed by atoms with Crippen LogP contribution >= 0.6 is 0 Å². The van der Waals surface area contributed by atoms with Crippen LogP contribution in [0.15, 0.2) is 11.6 Å². The third kappa shape index (κ3) is 3.63. The Morgan fingerprint density at radius 1 is 0.829 bits per heavy atom. The molecule has 9 atom stereocenters. The van der Waals surface area contributed by atoms with E-state index in [1.165, 1.54) is 44.9 Å². The molecular weight excluding hydrogens is 432 g/mol. The van der Waals surface area contributed by atoms with Gasteiger partial charge in [-0.25, -0.2) is 0 Å². The number of carbonyl (C=O) groups is 1. The fourth-order valence-corrected chi connectivity index (χ4v) is 11.3. The standard InChI is InChI=1S/C32H52O3/c1-20(33)35-27-15-18-31(7)22-10-12-25-30(6,19-21(22)9-11-23(31)29(27,4)5)16-13-24-28(2,3)26(34)14-17-32(24,25)8/h9,22-27,34H,10-19H2,1-8H3/t22-,23-,24-,25-,26-,27-,30-,31+,32-/m0/s1. The minimum Gasteiger partial charge on any atom is -0.462 e. The summed E-state index contributed by atoms with van der Waals surface area (Å²) in [6.45, 7) is 18.8. The molecule has 0 amide bonds. The van der Waals surface area contributed by atoms with Gasteiger partial charge in [0.15, 0.2) is 0 Å². The normalized spacial score (nSPS) is 50.4. The highest BCUT2D eigenvalue weighted by atomic mass is 16.5. The number of aliphatic hydroxyl groups is 1. The van der Waals surface area contributed by atoms with Crippen LogP contribution in [0.1, 0.15) is 120 Å². The Morgan fingerprint density at radius 2 is 1.51 bits per heavy atom. The molecular formula is C32H52O3. The van der Waals surface area contributed by atoms with Crippen LogP contribution in [0.2, 0.25) is 0 Å². The average Bonchev–Trinajstić information content (AvgIpc) is 2.90. The summed E-state index contributed by atoms with van der Waals surface area (Å²) in [7, 11) is 0. The van der Waals surface area contributed by atoms with Crippen molar-refractivity contribution in [3.63, 3.8) is 0 Å². The zero-order valence-electron chi connectivity index (χ0n) is 23.9. The van der Waals surface area contributed by atoms with E-state index >= 15 is 0 Å². The first kappa shape index (κ1) is 25.8. The molecule has 0 aromatic heterocycles. The molecule has 0 aliphatic heterocycles. The summed E-state index contributed by atoms with van der Waals surface area (Å²) >= 11 is 0. The molecule has 0 unspecified atom stereocenters. The Bertz CT molecular complexity index is 900. The van der Waals surface area contributed by atoms with Crippen LogP contribution < -0.4 is 0 Å². The third-order valence-electron chi connectivity index (χ3n) is 13.1. The van der Waals surface area contributed by atoms with Gasteiger partial charge >= 0.3 is 5.97 Å². The smallest absolute Gasteiger partial charge is 0.302 e. The van der Waals surface area contributed by atoms with E-state index < -0.39 is 0 Å². The number of rotatable bonds is 1. The maximum atomic E-state index is 11.9. The predicted octanol–water partition coefficient (Wildman–Crippen LogP) is 7.71. The summed E-state index contributed by atoms with van der Waals surface area (Å²) in [5, 5.41) is 10.9. The molecule has 198 valence electrons. The molecule has 35 heavy (non-hydrogen) atoms. The maximum absolute atomic E-state index is 11.9. The minimum atomic E-state index is -0.157. The first-order chi connectivity index (χ1) is 16.2. The van der Waals surface area contributed by atoms with Crippen molar-refractivity contribution in [3.05, 3.63) is 11.6 Å². The fraction of sp³-hybridized carbons (Fsp3) is 0.906. The Kier molecular flexibility index (Phi) is 5.96. The number of carbonyl (C=O) groups excluding carboxylic acids is 1. The molecule has 0 heterocycles. The molecule has 3 nitrogen and oxygen atoms in total.